The van der Waals surface area contributed by atoms with Crippen molar-refractivity contribution in [3.05, 3.63) is 29.0 Å². The van der Waals surface area contributed by atoms with E-state index in [1.165, 1.54) is 12.8 Å². The summed E-state index contributed by atoms with van der Waals surface area (Å²) in [4.78, 5) is 4.77. The van der Waals surface area contributed by atoms with Gasteiger partial charge < -0.3 is 14.6 Å². The minimum atomic E-state index is 0.0396. The molecule has 1 atom stereocenters. The predicted molar refractivity (Wildman–Crippen MR) is 74.6 cm³/mol. The first-order valence-electron chi connectivity index (χ1n) is 6.83. The zero-order valence-electron chi connectivity index (χ0n) is 10.6. The van der Waals surface area contributed by atoms with Crippen molar-refractivity contribution in [2.45, 2.75) is 25.0 Å². The van der Waals surface area contributed by atoms with Crippen LogP contribution in [0.15, 0.2) is 18.2 Å². The lowest BCUT2D eigenvalue weighted by atomic mass is 10.3. The number of imidazole rings is 1. The Labute approximate surface area is 116 Å². The van der Waals surface area contributed by atoms with Crippen LogP contribution in [0.3, 0.4) is 0 Å². The lowest BCUT2D eigenvalue weighted by Crippen LogP contribution is -2.34. The number of para-hydroxylation sites is 1. The van der Waals surface area contributed by atoms with Gasteiger partial charge in [-0.3, -0.25) is 0 Å². The molecule has 5 heteroatoms. The highest BCUT2D eigenvalue weighted by molar-refractivity contribution is 6.35. The fourth-order valence-corrected chi connectivity index (χ4v) is 3.05. The summed E-state index contributed by atoms with van der Waals surface area (Å²) >= 11 is 6.37. The van der Waals surface area contributed by atoms with Crippen LogP contribution in [0.25, 0.3) is 11.0 Å². The number of rotatable bonds is 2. The third-order valence-corrected chi connectivity index (χ3v) is 4.12. The fourth-order valence-electron chi connectivity index (χ4n) is 2.79. The van der Waals surface area contributed by atoms with E-state index in [1.54, 1.807) is 0 Å². The van der Waals surface area contributed by atoms with Crippen LogP contribution >= 0.6 is 11.6 Å². The molecule has 2 fully saturated rings. The van der Waals surface area contributed by atoms with Gasteiger partial charge >= 0.3 is 0 Å². The summed E-state index contributed by atoms with van der Waals surface area (Å²) in [6.45, 7) is 2.49. The van der Waals surface area contributed by atoms with Crippen LogP contribution in [-0.4, -0.2) is 29.2 Å². The Balaban J connectivity index is 1.89. The highest BCUT2D eigenvalue weighted by atomic mass is 35.5. The van der Waals surface area contributed by atoms with Crippen molar-refractivity contribution < 1.29 is 4.74 Å². The number of nitrogens with one attached hydrogen (secondary N) is 1. The van der Waals surface area contributed by atoms with Gasteiger partial charge in [0.15, 0.2) is 0 Å². The van der Waals surface area contributed by atoms with Crippen molar-refractivity contribution in [3.63, 3.8) is 0 Å². The molecule has 100 valence electrons. The van der Waals surface area contributed by atoms with E-state index >= 15 is 0 Å². The molecule has 1 saturated carbocycles. The highest BCUT2D eigenvalue weighted by Crippen LogP contribution is 2.42. The van der Waals surface area contributed by atoms with Gasteiger partial charge in [-0.2, -0.15) is 0 Å². The van der Waals surface area contributed by atoms with Gasteiger partial charge in [0, 0.05) is 19.1 Å². The maximum Gasteiger partial charge on any atom is 0.140 e. The summed E-state index contributed by atoms with van der Waals surface area (Å²) in [5, 5.41) is 4.15. The minimum Gasteiger partial charge on any atom is -0.368 e. The van der Waals surface area contributed by atoms with E-state index in [0.29, 0.717) is 6.04 Å². The number of fused-ring (bicyclic) bond motifs is 1. The lowest BCUT2D eigenvalue weighted by Gasteiger charge is -2.24. The van der Waals surface area contributed by atoms with Crippen LogP contribution in [0.4, 0.5) is 0 Å². The van der Waals surface area contributed by atoms with E-state index in [2.05, 4.69) is 9.88 Å². The first kappa shape index (κ1) is 11.7. The summed E-state index contributed by atoms with van der Waals surface area (Å²) in [5.74, 6) is 1.03. The molecular formula is C14H16ClN3O. The summed E-state index contributed by atoms with van der Waals surface area (Å²) < 4.78 is 8.16. The molecule has 0 bridgehead atoms. The number of hydrogen-bond acceptors (Lipinski definition) is 3. The second-order valence-corrected chi connectivity index (χ2v) is 5.65. The third kappa shape index (κ3) is 1.95. The molecular weight excluding hydrogens is 262 g/mol. The molecule has 1 N–H and O–H groups in total. The zero-order valence-corrected chi connectivity index (χ0v) is 11.4. The largest absolute Gasteiger partial charge is 0.368 e. The molecule has 2 aromatic rings. The number of morpholine rings is 1. The Morgan fingerprint density at radius 1 is 1.37 bits per heavy atom. The summed E-state index contributed by atoms with van der Waals surface area (Å²) in [6.07, 6.45) is 2.46. The zero-order chi connectivity index (χ0) is 12.8. The molecule has 1 aromatic heterocycles. The minimum absolute atomic E-state index is 0.0396. The molecule has 1 saturated heterocycles. The Morgan fingerprint density at radius 2 is 2.26 bits per heavy atom. The van der Waals surface area contributed by atoms with Crippen LogP contribution in [0, 0.1) is 0 Å². The lowest BCUT2D eigenvalue weighted by molar-refractivity contribution is 0.0202. The molecule has 1 aliphatic carbocycles. The standard InChI is InChI=1S/C14H16ClN3O/c15-10-2-1-3-11-13(10)18(9-4-5-9)14(17-11)12-8-16-6-7-19-12/h1-3,9,12,16H,4-8H2. The van der Waals surface area contributed by atoms with Gasteiger partial charge in [0.1, 0.15) is 11.9 Å². The van der Waals surface area contributed by atoms with Crippen molar-refractivity contribution in [3.8, 4) is 0 Å². The van der Waals surface area contributed by atoms with E-state index in [4.69, 9.17) is 21.3 Å². The van der Waals surface area contributed by atoms with Crippen molar-refractivity contribution in [2.24, 2.45) is 0 Å². The van der Waals surface area contributed by atoms with Gasteiger partial charge in [-0.15, -0.1) is 0 Å². The van der Waals surface area contributed by atoms with Crippen LogP contribution in [0.5, 0.6) is 0 Å². The SMILES string of the molecule is Clc1cccc2nc(C3CNCCO3)n(C3CC3)c12. The number of hydrogen-bond donors (Lipinski definition) is 1. The maximum absolute atomic E-state index is 6.37. The van der Waals surface area contributed by atoms with Gasteiger partial charge in [0.2, 0.25) is 0 Å². The molecule has 2 aliphatic rings. The first-order valence-corrected chi connectivity index (χ1v) is 7.21. The second kappa shape index (κ2) is 4.47. The van der Waals surface area contributed by atoms with Crippen molar-refractivity contribution in [1.29, 1.82) is 0 Å². The smallest absolute Gasteiger partial charge is 0.140 e. The number of ether oxygens (including phenoxy) is 1. The molecule has 0 radical (unpaired) electrons. The molecule has 19 heavy (non-hydrogen) atoms. The maximum atomic E-state index is 6.37. The van der Waals surface area contributed by atoms with Crippen molar-refractivity contribution >= 4 is 22.6 Å². The number of benzene rings is 1. The Kier molecular flexibility index (Phi) is 2.76. The van der Waals surface area contributed by atoms with Crippen LogP contribution in [-0.2, 0) is 4.74 Å². The van der Waals surface area contributed by atoms with Crippen LogP contribution in [0.2, 0.25) is 5.02 Å². The molecule has 1 aromatic carbocycles. The Hall–Kier alpha value is -1.10. The quantitative estimate of drug-likeness (QED) is 0.917. The van der Waals surface area contributed by atoms with E-state index in [0.717, 1.165) is 41.6 Å². The van der Waals surface area contributed by atoms with E-state index in [-0.39, 0.29) is 6.10 Å². The molecule has 1 unspecified atom stereocenters. The molecule has 4 rings (SSSR count). The average molecular weight is 278 g/mol. The molecule has 0 amide bonds. The number of nitrogens with zero attached hydrogens (tertiary/aromatic N) is 2. The first-order chi connectivity index (χ1) is 9.34. The summed E-state index contributed by atoms with van der Waals surface area (Å²) in [7, 11) is 0. The van der Waals surface area contributed by atoms with E-state index in [9.17, 15) is 0 Å². The highest BCUT2D eigenvalue weighted by Gasteiger charge is 2.32. The summed E-state index contributed by atoms with van der Waals surface area (Å²) in [5.41, 5.74) is 2.04. The monoisotopic (exact) mass is 277 g/mol. The van der Waals surface area contributed by atoms with Gasteiger partial charge in [-0.05, 0) is 25.0 Å². The number of halogens is 1. The molecule has 2 heterocycles. The molecule has 0 spiro atoms. The average Bonchev–Trinajstić information content (AvgIpc) is 3.20. The van der Waals surface area contributed by atoms with Gasteiger partial charge in [0.25, 0.3) is 0 Å². The van der Waals surface area contributed by atoms with Crippen LogP contribution < -0.4 is 5.32 Å². The fraction of sp³-hybridized carbons (Fsp3) is 0.500. The van der Waals surface area contributed by atoms with Crippen molar-refractivity contribution in [2.75, 3.05) is 19.7 Å². The summed E-state index contributed by atoms with van der Waals surface area (Å²) in [6, 6.07) is 6.47. The topological polar surface area (TPSA) is 39.1 Å². The van der Waals surface area contributed by atoms with E-state index in [1.807, 2.05) is 18.2 Å². The third-order valence-electron chi connectivity index (χ3n) is 3.82. The molecule has 1 aliphatic heterocycles. The Bertz CT molecular complexity index is 614. The Morgan fingerprint density at radius 3 is 3.00 bits per heavy atom. The van der Waals surface area contributed by atoms with Crippen molar-refractivity contribution in [1.82, 2.24) is 14.9 Å². The van der Waals surface area contributed by atoms with Gasteiger partial charge in [0.05, 0.1) is 22.7 Å². The van der Waals surface area contributed by atoms with Gasteiger partial charge in [-0.1, -0.05) is 17.7 Å². The van der Waals surface area contributed by atoms with Gasteiger partial charge in [-0.25, -0.2) is 4.98 Å². The van der Waals surface area contributed by atoms with E-state index < -0.39 is 0 Å². The number of aromatic nitrogens is 2. The predicted octanol–water partition coefficient (Wildman–Crippen LogP) is 2.69. The molecule has 4 nitrogen and oxygen atoms in total. The normalized spacial score (nSPS) is 23.9. The van der Waals surface area contributed by atoms with Crippen LogP contribution in [0.1, 0.15) is 30.8 Å². The second-order valence-electron chi connectivity index (χ2n) is 5.24.